The van der Waals surface area contributed by atoms with Gasteiger partial charge < -0.3 is 15.0 Å². The normalized spacial score (nSPS) is 19.5. The maximum absolute atomic E-state index is 12.5. The van der Waals surface area contributed by atoms with Crippen LogP contribution in [0.3, 0.4) is 0 Å². The zero-order chi connectivity index (χ0) is 15.1. The third-order valence-electron chi connectivity index (χ3n) is 3.95. The Balaban J connectivity index is 0.00000176. The first-order chi connectivity index (χ1) is 9.90. The van der Waals surface area contributed by atoms with E-state index in [9.17, 15) is 18.0 Å². The summed E-state index contributed by atoms with van der Waals surface area (Å²) in [4.78, 5) is 14.3. The standard InChI is InChI=1S/C14H15F3N2O2.ClH/c15-14(16,17)21-11-3-1-10(2-4-11)12(20)19-8-7-18-9-13(19)5-6-13;/h1-4,18H,5-9H2;1H. The molecule has 0 atom stereocenters. The number of hydrogen-bond donors (Lipinski definition) is 1. The summed E-state index contributed by atoms with van der Waals surface area (Å²) in [5.74, 6) is -0.451. The summed E-state index contributed by atoms with van der Waals surface area (Å²) in [6.07, 6.45) is -2.77. The lowest BCUT2D eigenvalue weighted by molar-refractivity contribution is -0.274. The lowest BCUT2D eigenvalue weighted by Gasteiger charge is -2.36. The Hall–Kier alpha value is -1.47. The molecule has 2 aliphatic rings. The van der Waals surface area contributed by atoms with Crippen LogP contribution in [0.25, 0.3) is 0 Å². The maximum Gasteiger partial charge on any atom is 0.573 e. The van der Waals surface area contributed by atoms with E-state index in [1.54, 1.807) is 0 Å². The topological polar surface area (TPSA) is 41.6 Å². The minimum absolute atomic E-state index is 0. The molecule has 8 heteroatoms. The van der Waals surface area contributed by atoms with E-state index in [-0.39, 0.29) is 29.6 Å². The van der Waals surface area contributed by atoms with Gasteiger partial charge in [0.25, 0.3) is 5.91 Å². The molecule has 0 bridgehead atoms. The van der Waals surface area contributed by atoms with Crippen molar-refractivity contribution in [1.82, 2.24) is 10.2 Å². The van der Waals surface area contributed by atoms with Gasteiger partial charge in [-0.15, -0.1) is 25.6 Å². The highest BCUT2D eigenvalue weighted by Crippen LogP contribution is 2.43. The fourth-order valence-corrected chi connectivity index (χ4v) is 2.71. The molecule has 1 saturated heterocycles. The molecular weight excluding hydrogens is 321 g/mol. The molecule has 3 rings (SSSR count). The van der Waals surface area contributed by atoms with Crippen LogP contribution in [0, 0.1) is 0 Å². The van der Waals surface area contributed by atoms with Crippen LogP contribution in [-0.4, -0.2) is 42.3 Å². The van der Waals surface area contributed by atoms with E-state index in [1.165, 1.54) is 24.3 Å². The summed E-state index contributed by atoms with van der Waals surface area (Å²) in [6.45, 7) is 2.15. The van der Waals surface area contributed by atoms with Gasteiger partial charge in [0.2, 0.25) is 0 Å². The van der Waals surface area contributed by atoms with Crippen LogP contribution < -0.4 is 10.1 Å². The van der Waals surface area contributed by atoms with E-state index in [1.807, 2.05) is 4.90 Å². The average molecular weight is 337 g/mol. The molecule has 1 aliphatic carbocycles. The molecule has 1 aromatic rings. The molecule has 0 radical (unpaired) electrons. The third-order valence-corrected chi connectivity index (χ3v) is 3.95. The van der Waals surface area contributed by atoms with Gasteiger partial charge in [0, 0.05) is 25.2 Å². The summed E-state index contributed by atoms with van der Waals surface area (Å²) in [5.41, 5.74) is 0.300. The first-order valence-corrected chi connectivity index (χ1v) is 6.78. The van der Waals surface area contributed by atoms with E-state index in [2.05, 4.69) is 10.1 Å². The molecule has 1 saturated carbocycles. The lowest BCUT2D eigenvalue weighted by Crippen LogP contribution is -2.55. The van der Waals surface area contributed by atoms with Gasteiger partial charge in [0.05, 0.1) is 5.54 Å². The minimum Gasteiger partial charge on any atom is -0.406 e. The van der Waals surface area contributed by atoms with Gasteiger partial charge in [-0.2, -0.15) is 0 Å². The first kappa shape index (κ1) is 16.9. The lowest BCUT2D eigenvalue weighted by atomic mass is 10.1. The van der Waals surface area contributed by atoms with Crippen LogP contribution in [0.1, 0.15) is 23.2 Å². The Kier molecular flexibility index (Phi) is 4.58. The number of benzene rings is 1. The van der Waals surface area contributed by atoms with Crippen LogP contribution in [0.4, 0.5) is 13.2 Å². The van der Waals surface area contributed by atoms with Crippen molar-refractivity contribution in [2.45, 2.75) is 24.7 Å². The Bertz CT molecular complexity index is 544. The number of halogens is 4. The summed E-state index contributed by atoms with van der Waals surface area (Å²) >= 11 is 0. The highest BCUT2D eigenvalue weighted by atomic mass is 35.5. The van der Waals surface area contributed by atoms with Crippen molar-refractivity contribution in [3.05, 3.63) is 29.8 Å². The van der Waals surface area contributed by atoms with Crippen LogP contribution in [-0.2, 0) is 0 Å². The smallest absolute Gasteiger partial charge is 0.406 e. The minimum atomic E-state index is -4.72. The number of nitrogens with zero attached hydrogens (tertiary/aromatic N) is 1. The van der Waals surface area contributed by atoms with E-state index >= 15 is 0 Å². The van der Waals surface area contributed by atoms with Gasteiger partial charge in [0.15, 0.2) is 0 Å². The number of alkyl halides is 3. The van der Waals surface area contributed by atoms with Crippen molar-refractivity contribution in [2.24, 2.45) is 0 Å². The average Bonchev–Trinajstić information content (AvgIpc) is 3.18. The highest BCUT2D eigenvalue weighted by molar-refractivity contribution is 5.95. The molecule has 0 unspecified atom stereocenters. The van der Waals surface area contributed by atoms with Crippen molar-refractivity contribution in [1.29, 1.82) is 0 Å². The number of ether oxygens (including phenoxy) is 1. The Morgan fingerprint density at radius 2 is 1.86 bits per heavy atom. The fourth-order valence-electron chi connectivity index (χ4n) is 2.71. The Labute approximate surface area is 132 Å². The van der Waals surface area contributed by atoms with E-state index in [0.29, 0.717) is 12.1 Å². The summed E-state index contributed by atoms with van der Waals surface area (Å²) in [5, 5.41) is 3.27. The van der Waals surface area contributed by atoms with Gasteiger partial charge in [-0.3, -0.25) is 4.79 Å². The van der Waals surface area contributed by atoms with Gasteiger partial charge in [-0.25, -0.2) is 0 Å². The van der Waals surface area contributed by atoms with Crippen molar-refractivity contribution < 1.29 is 22.7 Å². The van der Waals surface area contributed by atoms with Crippen LogP contribution in [0.2, 0.25) is 0 Å². The second-order valence-corrected chi connectivity index (χ2v) is 5.43. The van der Waals surface area contributed by atoms with Crippen LogP contribution in [0.5, 0.6) is 5.75 Å². The highest BCUT2D eigenvalue weighted by Gasteiger charge is 2.51. The predicted octanol–water partition coefficient (Wildman–Crippen LogP) is 2.59. The molecular formula is C14H16ClF3N2O2. The quantitative estimate of drug-likeness (QED) is 0.902. The first-order valence-electron chi connectivity index (χ1n) is 6.78. The summed E-state index contributed by atoms with van der Waals surface area (Å²) in [7, 11) is 0. The number of carbonyl (C=O) groups excluding carboxylic acids is 1. The molecule has 4 nitrogen and oxygen atoms in total. The SMILES string of the molecule is Cl.O=C(c1ccc(OC(F)(F)F)cc1)N1CCNCC12CC2. The Morgan fingerprint density at radius 1 is 1.23 bits per heavy atom. The van der Waals surface area contributed by atoms with Gasteiger partial charge in [0.1, 0.15) is 5.75 Å². The van der Waals surface area contributed by atoms with Crippen LogP contribution in [0.15, 0.2) is 24.3 Å². The molecule has 1 amide bonds. The summed E-state index contributed by atoms with van der Waals surface area (Å²) < 4.78 is 40.1. The van der Waals surface area contributed by atoms with Crippen molar-refractivity contribution in [3.8, 4) is 5.75 Å². The predicted molar refractivity (Wildman–Crippen MR) is 76.2 cm³/mol. The van der Waals surface area contributed by atoms with Crippen molar-refractivity contribution in [2.75, 3.05) is 19.6 Å². The molecule has 2 fully saturated rings. The fraction of sp³-hybridized carbons (Fsp3) is 0.500. The molecule has 1 heterocycles. The largest absolute Gasteiger partial charge is 0.573 e. The van der Waals surface area contributed by atoms with Gasteiger partial charge in [-0.05, 0) is 37.1 Å². The van der Waals surface area contributed by atoms with Crippen LogP contribution >= 0.6 is 12.4 Å². The molecule has 0 aromatic heterocycles. The summed E-state index contributed by atoms with van der Waals surface area (Å²) in [6, 6.07) is 5.09. The number of nitrogens with one attached hydrogen (secondary N) is 1. The Morgan fingerprint density at radius 3 is 2.41 bits per heavy atom. The second-order valence-electron chi connectivity index (χ2n) is 5.43. The number of carbonyl (C=O) groups is 1. The number of hydrogen-bond acceptors (Lipinski definition) is 3. The van der Waals surface area contributed by atoms with Crippen molar-refractivity contribution in [3.63, 3.8) is 0 Å². The second kappa shape index (κ2) is 5.96. The molecule has 1 N–H and O–H groups in total. The zero-order valence-corrected chi connectivity index (χ0v) is 12.5. The number of piperazine rings is 1. The van der Waals surface area contributed by atoms with E-state index in [0.717, 1.165) is 25.9 Å². The number of rotatable bonds is 2. The van der Waals surface area contributed by atoms with Gasteiger partial charge in [-0.1, -0.05) is 0 Å². The number of amides is 1. The zero-order valence-electron chi connectivity index (χ0n) is 11.7. The molecule has 22 heavy (non-hydrogen) atoms. The maximum atomic E-state index is 12.5. The third kappa shape index (κ3) is 3.47. The molecule has 1 aromatic carbocycles. The molecule has 122 valence electrons. The van der Waals surface area contributed by atoms with Gasteiger partial charge >= 0.3 is 6.36 Å². The molecule has 1 aliphatic heterocycles. The van der Waals surface area contributed by atoms with E-state index < -0.39 is 6.36 Å². The van der Waals surface area contributed by atoms with E-state index in [4.69, 9.17) is 0 Å². The monoisotopic (exact) mass is 336 g/mol. The molecule has 1 spiro atoms. The van der Waals surface area contributed by atoms with Crippen molar-refractivity contribution >= 4 is 18.3 Å².